The van der Waals surface area contributed by atoms with Crippen LogP contribution < -0.4 is 25.4 Å². The zero-order chi connectivity index (χ0) is 23.9. The van der Waals surface area contributed by atoms with E-state index >= 15 is 0 Å². The number of allylic oxidation sites excluding steroid dienone is 1. The average molecular weight is 459 g/mol. The topological polar surface area (TPSA) is 107 Å². The van der Waals surface area contributed by atoms with Crippen LogP contribution in [-0.2, 0) is 4.79 Å². The fourth-order valence-corrected chi connectivity index (χ4v) is 3.70. The van der Waals surface area contributed by atoms with Gasteiger partial charge in [0, 0.05) is 19.1 Å². The molecule has 1 aromatic heterocycles. The van der Waals surface area contributed by atoms with Gasteiger partial charge in [-0.25, -0.2) is 4.98 Å². The number of pyridine rings is 1. The van der Waals surface area contributed by atoms with Crippen LogP contribution >= 0.6 is 0 Å². The first-order valence-corrected chi connectivity index (χ1v) is 11.0. The van der Waals surface area contributed by atoms with Crippen LogP contribution in [0.4, 0.5) is 5.69 Å². The lowest BCUT2D eigenvalue weighted by molar-refractivity contribution is -0.117. The molecule has 1 aliphatic heterocycles. The highest BCUT2D eigenvalue weighted by Gasteiger charge is 2.25. The lowest BCUT2D eigenvalue weighted by Gasteiger charge is -2.20. The Bertz CT molecular complexity index is 1180. The highest BCUT2D eigenvalue weighted by atomic mass is 16.5. The summed E-state index contributed by atoms with van der Waals surface area (Å²) in [5.41, 5.74) is 6.54. The van der Waals surface area contributed by atoms with Crippen LogP contribution in [0.25, 0.3) is 0 Å². The van der Waals surface area contributed by atoms with E-state index in [1.54, 1.807) is 49.5 Å². The summed E-state index contributed by atoms with van der Waals surface area (Å²) < 4.78 is 11.6. The van der Waals surface area contributed by atoms with Gasteiger partial charge in [-0.3, -0.25) is 9.59 Å². The zero-order valence-electron chi connectivity index (χ0n) is 18.8. The first-order chi connectivity index (χ1) is 16.5. The highest BCUT2D eigenvalue weighted by molar-refractivity contribution is 5.96. The predicted molar refractivity (Wildman–Crippen MR) is 129 cm³/mol. The number of amides is 2. The van der Waals surface area contributed by atoms with Gasteiger partial charge in [-0.2, -0.15) is 0 Å². The number of carbonyl (C=O) groups excluding carboxylic acids is 2. The Morgan fingerprint density at radius 3 is 2.41 bits per heavy atom. The number of hydrogen-bond acceptors (Lipinski definition) is 6. The van der Waals surface area contributed by atoms with Crippen LogP contribution in [0.5, 0.6) is 23.1 Å². The van der Waals surface area contributed by atoms with Gasteiger partial charge in [0.25, 0.3) is 5.91 Å². The molecule has 2 aromatic carbocycles. The normalized spacial score (nSPS) is 15.3. The van der Waals surface area contributed by atoms with Crippen LogP contribution in [0.1, 0.15) is 23.7 Å². The van der Waals surface area contributed by atoms with E-state index in [-0.39, 0.29) is 23.4 Å². The number of anilines is 1. The molecule has 8 heteroatoms. The third-order valence-electron chi connectivity index (χ3n) is 5.34. The lowest BCUT2D eigenvalue weighted by atomic mass is 10.2. The number of aromatic nitrogens is 1. The number of nitrogens with two attached hydrogens (primary N) is 1. The Kier molecular flexibility index (Phi) is 7.07. The van der Waals surface area contributed by atoms with Crippen LogP contribution in [0, 0.1) is 0 Å². The molecule has 0 spiro atoms. The summed E-state index contributed by atoms with van der Waals surface area (Å²) in [6, 6.07) is 18.2. The molecule has 2 amide bonds. The van der Waals surface area contributed by atoms with Crippen molar-refractivity contribution in [3.63, 3.8) is 0 Å². The summed E-state index contributed by atoms with van der Waals surface area (Å²) in [4.78, 5) is 30.3. The van der Waals surface area contributed by atoms with E-state index in [9.17, 15) is 9.59 Å². The molecule has 0 aliphatic carbocycles. The first kappa shape index (κ1) is 22.8. The van der Waals surface area contributed by atoms with Crippen molar-refractivity contribution in [3.8, 4) is 23.1 Å². The Morgan fingerprint density at radius 1 is 1.06 bits per heavy atom. The van der Waals surface area contributed by atoms with Gasteiger partial charge in [-0.1, -0.05) is 24.3 Å². The molecular weight excluding hydrogens is 432 g/mol. The second-order valence-corrected chi connectivity index (χ2v) is 7.84. The molecule has 0 radical (unpaired) electrons. The van der Waals surface area contributed by atoms with Gasteiger partial charge >= 0.3 is 0 Å². The average Bonchev–Trinajstić information content (AvgIpc) is 3.29. The number of nitrogens with zero attached hydrogens (tertiary/aromatic N) is 2. The quantitative estimate of drug-likeness (QED) is 0.494. The Hall–Kier alpha value is -4.33. The van der Waals surface area contributed by atoms with Gasteiger partial charge in [0.2, 0.25) is 11.8 Å². The molecule has 0 saturated carbocycles. The second-order valence-electron chi connectivity index (χ2n) is 7.84. The maximum atomic E-state index is 12.1. The zero-order valence-corrected chi connectivity index (χ0v) is 18.8. The molecule has 4 rings (SSSR count). The standard InChI is InChI=1S/C26H26N4O4/c1-2-6-24(31)29-18-13-14-30(17-18)19-15-23(25(27)32)26(28-16-19)34-22-11-9-21(10-12-22)33-20-7-4-3-5-8-20/h2-12,15-16,18H,13-14,17H2,1H3,(H2,27,32)(H,29,31). The third-order valence-corrected chi connectivity index (χ3v) is 5.34. The first-order valence-electron chi connectivity index (χ1n) is 11.0. The van der Waals surface area contributed by atoms with Crippen molar-refractivity contribution in [1.29, 1.82) is 0 Å². The van der Waals surface area contributed by atoms with Crippen molar-refractivity contribution in [2.75, 3.05) is 18.0 Å². The Labute approximate surface area is 198 Å². The van der Waals surface area contributed by atoms with Crippen molar-refractivity contribution in [1.82, 2.24) is 10.3 Å². The number of para-hydroxylation sites is 1. The van der Waals surface area contributed by atoms with E-state index in [2.05, 4.69) is 15.2 Å². The van der Waals surface area contributed by atoms with Crippen LogP contribution in [0.3, 0.4) is 0 Å². The molecule has 174 valence electrons. The van der Waals surface area contributed by atoms with E-state index in [0.717, 1.165) is 24.4 Å². The number of benzene rings is 2. The molecule has 2 heterocycles. The number of rotatable bonds is 8. The van der Waals surface area contributed by atoms with E-state index in [0.29, 0.717) is 18.0 Å². The Balaban J connectivity index is 1.44. The fraction of sp³-hybridized carbons (Fsp3) is 0.192. The summed E-state index contributed by atoms with van der Waals surface area (Å²) in [5, 5.41) is 2.97. The van der Waals surface area contributed by atoms with Gasteiger partial charge in [0.15, 0.2) is 0 Å². The molecule has 1 fully saturated rings. The molecule has 8 nitrogen and oxygen atoms in total. The number of primary amides is 1. The van der Waals surface area contributed by atoms with Crippen molar-refractivity contribution in [2.24, 2.45) is 5.73 Å². The van der Waals surface area contributed by atoms with Crippen LogP contribution in [0.15, 0.2) is 79.0 Å². The molecule has 0 bridgehead atoms. The number of ether oxygens (including phenoxy) is 2. The molecular formula is C26H26N4O4. The van der Waals surface area contributed by atoms with Crippen molar-refractivity contribution < 1.29 is 19.1 Å². The van der Waals surface area contributed by atoms with Gasteiger partial charge in [0.05, 0.1) is 11.9 Å². The van der Waals surface area contributed by atoms with E-state index in [1.807, 2.05) is 30.3 Å². The minimum Gasteiger partial charge on any atom is -0.457 e. The van der Waals surface area contributed by atoms with E-state index in [4.69, 9.17) is 15.2 Å². The van der Waals surface area contributed by atoms with Crippen LogP contribution in [0.2, 0.25) is 0 Å². The third kappa shape index (κ3) is 5.72. The lowest BCUT2D eigenvalue weighted by Crippen LogP contribution is -2.36. The number of nitrogens with one attached hydrogen (secondary N) is 1. The molecule has 3 aromatic rings. The van der Waals surface area contributed by atoms with Crippen molar-refractivity contribution in [3.05, 3.63) is 84.6 Å². The molecule has 3 N–H and O–H groups in total. The molecule has 1 aliphatic rings. The van der Waals surface area contributed by atoms with Crippen molar-refractivity contribution in [2.45, 2.75) is 19.4 Å². The van der Waals surface area contributed by atoms with Gasteiger partial charge in [-0.15, -0.1) is 0 Å². The summed E-state index contributed by atoms with van der Waals surface area (Å²) >= 11 is 0. The largest absolute Gasteiger partial charge is 0.457 e. The molecule has 1 saturated heterocycles. The monoisotopic (exact) mass is 458 g/mol. The van der Waals surface area contributed by atoms with Gasteiger partial charge < -0.3 is 25.4 Å². The minimum atomic E-state index is -0.634. The SMILES string of the molecule is CC=CC(=O)NC1CCN(c2cnc(Oc3ccc(Oc4ccccc4)cc3)c(C(N)=O)c2)C1. The summed E-state index contributed by atoms with van der Waals surface area (Å²) in [6.45, 7) is 3.14. The predicted octanol–water partition coefficient (Wildman–Crippen LogP) is 4.04. The highest BCUT2D eigenvalue weighted by Crippen LogP contribution is 2.30. The van der Waals surface area contributed by atoms with Crippen LogP contribution in [-0.4, -0.2) is 35.9 Å². The Morgan fingerprint density at radius 2 is 1.74 bits per heavy atom. The number of hydrogen-bond donors (Lipinski definition) is 2. The molecule has 1 atom stereocenters. The minimum absolute atomic E-state index is 0.0216. The maximum absolute atomic E-state index is 12.1. The summed E-state index contributed by atoms with van der Waals surface area (Å²) in [5.74, 6) is 1.26. The van der Waals surface area contributed by atoms with E-state index in [1.165, 1.54) is 6.08 Å². The second kappa shape index (κ2) is 10.5. The van der Waals surface area contributed by atoms with E-state index < -0.39 is 5.91 Å². The molecule has 34 heavy (non-hydrogen) atoms. The fourth-order valence-electron chi connectivity index (χ4n) is 3.70. The molecule has 1 unspecified atom stereocenters. The smallest absolute Gasteiger partial charge is 0.254 e. The van der Waals surface area contributed by atoms with Crippen molar-refractivity contribution >= 4 is 17.5 Å². The number of carbonyl (C=O) groups is 2. The summed E-state index contributed by atoms with van der Waals surface area (Å²) in [7, 11) is 0. The van der Waals surface area contributed by atoms with Gasteiger partial charge in [0.1, 0.15) is 22.8 Å². The summed E-state index contributed by atoms with van der Waals surface area (Å²) in [6.07, 6.45) is 5.64. The van der Waals surface area contributed by atoms with Gasteiger partial charge in [-0.05, 0) is 61.9 Å². The maximum Gasteiger partial charge on any atom is 0.254 e.